The number of hydrogen-bond donors (Lipinski definition) is 2. The first-order valence-electron chi connectivity index (χ1n) is 7.00. The summed E-state index contributed by atoms with van der Waals surface area (Å²) in [6.45, 7) is 3.64. The number of esters is 1. The Balaban J connectivity index is 3.12. The van der Waals surface area contributed by atoms with Gasteiger partial charge in [0.15, 0.2) is 0 Å². The van der Waals surface area contributed by atoms with Crippen LogP contribution in [-0.4, -0.2) is 39.2 Å². The van der Waals surface area contributed by atoms with Crippen LogP contribution in [0.15, 0.2) is 30.0 Å². The molecule has 23 heavy (non-hydrogen) atoms. The fraction of sp³-hybridized carbons (Fsp3) is 0.375. The van der Waals surface area contributed by atoms with E-state index in [4.69, 9.17) is 9.47 Å². The molecule has 0 aromatic heterocycles. The molecule has 0 saturated carbocycles. The minimum atomic E-state index is -0.640. The topological polar surface area (TPSA) is 85.9 Å². The molecule has 0 spiro atoms. The van der Waals surface area contributed by atoms with Gasteiger partial charge in [0.25, 0.3) is 5.91 Å². The summed E-state index contributed by atoms with van der Waals surface area (Å²) >= 11 is 0. The molecule has 0 aliphatic carbocycles. The first-order valence-corrected chi connectivity index (χ1v) is 7.00. The molecule has 1 amide bonds. The van der Waals surface area contributed by atoms with Gasteiger partial charge in [-0.2, -0.15) is 0 Å². The van der Waals surface area contributed by atoms with Crippen molar-refractivity contribution in [3.05, 3.63) is 30.0 Å². The van der Waals surface area contributed by atoms with Crippen molar-refractivity contribution in [3.8, 4) is 11.5 Å². The van der Waals surface area contributed by atoms with Gasteiger partial charge in [0.05, 0.1) is 33.1 Å². The van der Waals surface area contributed by atoms with Gasteiger partial charge in [-0.05, 0) is 26.0 Å². The van der Waals surface area contributed by atoms with E-state index in [-0.39, 0.29) is 11.7 Å². The number of benzene rings is 1. The predicted octanol–water partition coefficient (Wildman–Crippen LogP) is 1.70. The Morgan fingerprint density at radius 3 is 2.35 bits per heavy atom. The minimum Gasteiger partial charge on any atom is -0.497 e. The average Bonchev–Trinajstić information content (AvgIpc) is 2.53. The van der Waals surface area contributed by atoms with Crippen LogP contribution in [0.25, 0.3) is 0 Å². The van der Waals surface area contributed by atoms with E-state index in [1.54, 1.807) is 25.3 Å². The van der Waals surface area contributed by atoms with Crippen LogP contribution in [0, 0.1) is 0 Å². The number of hydrogen-bond acceptors (Lipinski definition) is 6. The van der Waals surface area contributed by atoms with E-state index in [1.807, 2.05) is 13.8 Å². The molecule has 2 N–H and O–H groups in total. The van der Waals surface area contributed by atoms with E-state index in [0.717, 1.165) is 6.08 Å². The maximum Gasteiger partial charge on any atom is 0.332 e. The second kappa shape index (κ2) is 8.67. The van der Waals surface area contributed by atoms with Gasteiger partial charge >= 0.3 is 5.97 Å². The summed E-state index contributed by atoms with van der Waals surface area (Å²) < 4.78 is 15.0. The number of carbonyl (C=O) groups is 2. The van der Waals surface area contributed by atoms with Gasteiger partial charge in [0, 0.05) is 12.1 Å². The van der Waals surface area contributed by atoms with Gasteiger partial charge in [-0.3, -0.25) is 4.79 Å². The van der Waals surface area contributed by atoms with Gasteiger partial charge in [-0.25, -0.2) is 4.79 Å². The molecule has 0 fully saturated rings. The molecule has 7 heteroatoms. The molecule has 126 valence electrons. The zero-order valence-corrected chi connectivity index (χ0v) is 13.9. The molecular weight excluding hydrogens is 300 g/mol. The summed E-state index contributed by atoms with van der Waals surface area (Å²) in [7, 11) is 4.28. The fourth-order valence-corrected chi connectivity index (χ4v) is 1.72. The summed E-state index contributed by atoms with van der Waals surface area (Å²) in [6, 6.07) is 4.98. The van der Waals surface area contributed by atoms with Gasteiger partial charge < -0.3 is 24.8 Å². The van der Waals surface area contributed by atoms with Crippen molar-refractivity contribution >= 4 is 17.6 Å². The number of ether oxygens (including phenoxy) is 3. The lowest BCUT2D eigenvalue weighted by Crippen LogP contribution is -2.34. The van der Waals surface area contributed by atoms with Crippen LogP contribution in [0.4, 0.5) is 5.69 Å². The van der Waals surface area contributed by atoms with Crippen molar-refractivity contribution in [3.63, 3.8) is 0 Å². The molecule has 7 nitrogen and oxygen atoms in total. The van der Waals surface area contributed by atoms with E-state index >= 15 is 0 Å². The number of amides is 1. The van der Waals surface area contributed by atoms with Crippen LogP contribution in [-0.2, 0) is 14.3 Å². The maximum absolute atomic E-state index is 12.2. The zero-order valence-electron chi connectivity index (χ0n) is 13.9. The smallest absolute Gasteiger partial charge is 0.332 e. The molecule has 0 radical (unpaired) electrons. The second-order valence-corrected chi connectivity index (χ2v) is 4.90. The molecule has 0 unspecified atom stereocenters. The van der Waals surface area contributed by atoms with Gasteiger partial charge in [0.1, 0.15) is 17.2 Å². The molecule has 1 aromatic rings. The minimum absolute atomic E-state index is 0.0500. The van der Waals surface area contributed by atoms with Crippen molar-refractivity contribution in [1.82, 2.24) is 5.32 Å². The Morgan fingerprint density at radius 2 is 1.83 bits per heavy atom. The molecule has 0 aliphatic rings. The highest BCUT2D eigenvalue weighted by Crippen LogP contribution is 2.30. The van der Waals surface area contributed by atoms with E-state index in [0.29, 0.717) is 17.2 Å². The summed E-state index contributed by atoms with van der Waals surface area (Å²) in [4.78, 5) is 23.7. The molecular formula is C16H22N2O5. The first-order chi connectivity index (χ1) is 10.9. The van der Waals surface area contributed by atoms with Crippen LogP contribution >= 0.6 is 0 Å². The summed E-state index contributed by atoms with van der Waals surface area (Å²) in [5, 5.41) is 5.60. The molecule has 0 heterocycles. The highest BCUT2D eigenvalue weighted by Gasteiger charge is 2.15. The van der Waals surface area contributed by atoms with Crippen LogP contribution < -0.4 is 20.1 Å². The third-order valence-corrected chi connectivity index (χ3v) is 2.81. The molecule has 1 rings (SSSR count). The summed E-state index contributed by atoms with van der Waals surface area (Å²) in [6.07, 6.45) is 1.08. The van der Waals surface area contributed by atoms with Gasteiger partial charge in [-0.15, -0.1) is 0 Å². The van der Waals surface area contributed by atoms with Crippen molar-refractivity contribution in [2.75, 3.05) is 26.6 Å². The van der Waals surface area contributed by atoms with E-state index in [2.05, 4.69) is 15.4 Å². The standard InChI is InChI=1S/C16H22N2O5/c1-10(2)17-16(20)13(9-15(19)23-5)18-12-7-6-11(21-3)8-14(12)22-4/h6-10,18H,1-5H3,(H,17,20)/b13-9-. The number of methoxy groups -OCH3 is 3. The maximum atomic E-state index is 12.2. The van der Waals surface area contributed by atoms with Gasteiger partial charge in [-0.1, -0.05) is 0 Å². The Kier molecular flexibility index (Phi) is 6.92. The second-order valence-electron chi connectivity index (χ2n) is 4.90. The van der Waals surface area contributed by atoms with Crippen molar-refractivity contribution in [2.24, 2.45) is 0 Å². The average molecular weight is 322 g/mol. The molecule has 0 aliphatic heterocycles. The van der Waals surface area contributed by atoms with Crippen LogP contribution in [0.5, 0.6) is 11.5 Å². The third kappa shape index (κ3) is 5.54. The number of anilines is 1. The Bertz CT molecular complexity index is 596. The van der Waals surface area contributed by atoms with Crippen LogP contribution in [0.1, 0.15) is 13.8 Å². The SMILES string of the molecule is COC(=O)/C=C(\Nc1ccc(OC)cc1OC)C(=O)NC(C)C. The molecule has 0 bridgehead atoms. The molecule has 0 atom stereocenters. The lowest BCUT2D eigenvalue weighted by molar-refractivity contribution is -0.135. The highest BCUT2D eigenvalue weighted by molar-refractivity contribution is 6.02. The van der Waals surface area contributed by atoms with Crippen LogP contribution in [0.2, 0.25) is 0 Å². The van der Waals surface area contributed by atoms with E-state index in [9.17, 15) is 9.59 Å². The normalized spacial score (nSPS) is 11.0. The first kappa shape index (κ1) is 18.3. The Morgan fingerprint density at radius 1 is 1.13 bits per heavy atom. The number of nitrogens with one attached hydrogen (secondary N) is 2. The van der Waals surface area contributed by atoms with Gasteiger partial charge in [0.2, 0.25) is 0 Å². The largest absolute Gasteiger partial charge is 0.497 e. The van der Waals surface area contributed by atoms with E-state index in [1.165, 1.54) is 14.2 Å². The summed E-state index contributed by atoms with van der Waals surface area (Å²) in [5.74, 6) is 0.0112. The quantitative estimate of drug-likeness (QED) is 0.587. The predicted molar refractivity (Wildman–Crippen MR) is 86.5 cm³/mol. The molecule has 1 aromatic carbocycles. The summed E-state index contributed by atoms with van der Waals surface area (Å²) in [5.41, 5.74) is 0.566. The third-order valence-electron chi connectivity index (χ3n) is 2.81. The number of rotatable bonds is 7. The lowest BCUT2D eigenvalue weighted by Gasteiger charge is -2.16. The van der Waals surface area contributed by atoms with Crippen molar-refractivity contribution in [1.29, 1.82) is 0 Å². The Labute approximate surface area is 135 Å². The molecule has 0 saturated heterocycles. The highest BCUT2D eigenvalue weighted by atomic mass is 16.5. The van der Waals surface area contributed by atoms with Crippen molar-refractivity contribution in [2.45, 2.75) is 19.9 Å². The van der Waals surface area contributed by atoms with Crippen LogP contribution in [0.3, 0.4) is 0 Å². The number of carbonyl (C=O) groups excluding carboxylic acids is 2. The lowest BCUT2D eigenvalue weighted by atomic mass is 10.2. The Hall–Kier alpha value is -2.70. The van der Waals surface area contributed by atoms with Crippen molar-refractivity contribution < 1.29 is 23.8 Å². The monoisotopic (exact) mass is 322 g/mol. The zero-order chi connectivity index (χ0) is 17.4. The fourth-order valence-electron chi connectivity index (χ4n) is 1.72. The van der Waals surface area contributed by atoms with E-state index < -0.39 is 11.9 Å².